The molecule has 4 nitrogen and oxygen atoms in total. The molecule has 2 rings (SSSR count). The van der Waals surface area contributed by atoms with Crippen LogP contribution >= 0.6 is 0 Å². The molecule has 2 aliphatic rings. The molecule has 1 saturated heterocycles. The first-order valence-corrected chi connectivity index (χ1v) is 4.61. The van der Waals surface area contributed by atoms with E-state index in [4.69, 9.17) is 0 Å². The molecule has 0 bridgehead atoms. The summed E-state index contributed by atoms with van der Waals surface area (Å²) in [6.07, 6.45) is 2.16. The molecule has 1 aliphatic carbocycles. The Hall–Kier alpha value is -1.06. The molecule has 4 heteroatoms. The van der Waals surface area contributed by atoms with E-state index in [-0.39, 0.29) is 29.9 Å². The Labute approximate surface area is 77.3 Å². The lowest BCUT2D eigenvalue weighted by Crippen LogP contribution is -2.53. The van der Waals surface area contributed by atoms with E-state index >= 15 is 0 Å². The maximum absolute atomic E-state index is 11.3. The zero-order chi connectivity index (χ0) is 9.64. The van der Waals surface area contributed by atoms with Gasteiger partial charge in [-0.3, -0.25) is 10.1 Å². The Balaban J connectivity index is 2.10. The summed E-state index contributed by atoms with van der Waals surface area (Å²) in [6.45, 7) is 4.52. The van der Waals surface area contributed by atoms with Gasteiger partial charge in [-0.05, 0) is 18.3 Å². The van der Waals surface area contributed by atoms with Gasteiger partial charge in [0, 0.05) is 6.04 Å². The van der Waals surface area contributed by atoms with E-state index in [0.29, 0.717) is 0 Å². The van der Waals surface area contributed by atoms with Crippen molar-refractivity contribution in [2.75, 3.05) is 6.54 Å². The highest BCUT2D eigenvalue weighted by Gasteiger charge is 2.46. The van der Waals surface area contributed by atoms with Crippen molar-refractivity contribution in [3.05, 3.63) is 0 Å². The van der Waals surface area contributed by atoms with Gasteiger partial charge in [0.2, 0.25) is 5.91 Å². The minimum Gasteiger partial charge on any atom is -0.312 e. The maximum atomic E-state index is 11.3. The van der Waals surface area contributed by atoms with E-state index in [1.54, 1.807) is 4.90 Å². The minimum atomic E-state index is -0.220. The molecular weight excluding hydrogens is 168 g/mol. The molecule has 2 fully saturated rings. The number of nitrogens with zero attached hydrogens (tertiary/aromatic N) is 1. The Kier molecular flexibility index (Phi) is 1.62. The largest absolute Gasteiger partial charge is 0.324 e. The number of amides is 3. The lowest BCUT2D eigenvalue weighted by Gasteiger charge is -2.48. The van der Waals surface area contributed by atoms with Crippen LogP contribution in [0.15, 0.2) is 0 Å². The molecule has 72 valence electrons. The molecule has 1 saturated carbocycles. The Morgan fingerprint density at radius 3 is 2.46 bits per heavy atom. The van der Waals surface area contributed by atoms with Gasteiger partial charge >= 0.3 is 6.03 Å². The van der Waals surface area contributed by atoms with Gasteiger partial charge in [0.25, 0.3) is 0 Å². The Morgan fingerprint density at radius 1 is 1.46 bits per heavy atom. The van der Waals surface area contributed by atoms with Crippen molar-refractivity contribution in [3.8, 4) is 0 Å². The third kappa shape index (κ3) is 1.20. The van der Waals surface area contributed by atoms with Crippen LogP contribution in [0.3, 0.4) is 0 Å². The molecule has 1 N–H and O–H groups in total. The first-order chi connectivity index (χ1) is 6.00. The third-order valence-electron chi connectivity index (χ3n) is 3.16. The smallest absolute Gasteiger partial charge is 0.312 e. The van der Waals surface area contributed by atoms with Crippen molar-refractivity contribution < 1.29 is 9.59 Å². The number of nitrogens with one attached hydrogen (secondary N) is 1. The number of carbonyl (C=O) groups excluding carboxylic acids is 2. The zero-order valence-corrected chi connectivity index (χ0v) is 7.96. The monoisotopic (exact) mass is 182 g/mol. The number of imide groups is 1. The van der Waals surface area contributed by atoms with E-state index in [1.807, 2.05) is 0 Å². The van der Waals surface area contributed by atoms with Crippen LogP contribution in [0.4, 0.5) is 4.79 Å². The Bertz CT molecular complexity index is 273. The average molecular weight is 182 g/mol. The van der Waals surface area contributed by atoms with Crippen molar-refractivity contribution in [1.82, 2.24) is 10.2 Å². The Morgan fingerprint density at radius 2 is 2.15 bits per heavy atom. The summed E-state index contributed by atoms with van der Waals surface area (Å²) in [5.74, 6) is -0.173. The fraction of sp³-hybridized carbons (Fsp3) is 0.778. The number of urea groups is 1. The molecule has 0 aromatic heterocycles. The summed E-state index contributed by atoms with van der Waals surface area (Å²) in [4.78, 5) is 23.9. The number of hydrogen-bond acceptors (Lipinski definition) is 2. The van der Waals surface area contributed by atoms with Crippen LogP contribution in [0.2, 0.25) is 0 Å². The van der Waals surface area contributed by atoms with E-state index < -0.39 is 0 Å². The van der Waals surface area contributed by atoms with Crippen LogP contribution in [-0.2, 0) is 4.79 Å². The fourth-order valence-corrected chi connectivity index (χ4v) is 2.14. The van der Waals surface area contributed by atoms with Gasteiger partial charge in [-0.25, -0.2) is 4.79 Å². The van der Waals surface area contributed by atoms with Crippen LogP contribution < -0.4 is 5.32 Å². The van der Waals surface area contributed by atoms with Crippen molar-refractivity contribution in [1.29, 1.82) is 0 Å². The number of carbonyl (C=O) groups is 2. The lowest BCUT2D eigenvalue weighted by atomic mass is 9.66. The van der Waals surface area contributed by atoms with Crippen molar-refractivity contribution in [3.63, 3.8) is 0 Å². The maximum Gasteiger partial charge on any atom is 0.324 e. The second-order valence-electron chi connectivity index (χ2n) is 4.52. The minimum absolute atomic E-state index is 0.173. The van der Waals surface area contributed by atoms with Crippen LogP contribution in [0.5, 0.6) is 0 Å². The highest BCUT2D eigenvalue weighted by atomic mass is 16.2. The molecular formula is C9H14N2O2. The topological polar surface area (TPSA) is 49.4 Å². The summed E-state index contributed by atoms with van der Waals surface area (Å²) < 4.78 is 0. The lowest BCUT2D eigenvalue weighted by molar-refractivity contribution is -0.119. The number of hydrogen-bond donors (Lipinski definition) is 1. The summed E-state index contributed by atoms with van der Waals surface area (Å²) in [5, 5.41) is 2.30. The highest BCUT2D eigenvalue weighted by molar-refractivity contribution is 6.02. The molecule has 1 heterocycles. The van der Waals surface area contributed by atoms with Crippen molar-refractivity contribution in [2.45, 2.75) is 32.7 Å². The van der Waals surface area contributed by atoms with Gasteiger partial charge in [0.15, 0.2) is 0 Å². The highest BCUT2D eigenvalue weighted by Crippen LogP contribution is 2.43. The molecule has 0 aromatic rings. The molecule has 0 aromatic carbocycles. The molecule has 3 amide bonds. The summed E-state index contributed by atoms with van der Waals surface area (Å²) >= 11 is 0. The van der Waals surface area contributed by atoms with E-state index in [9.17, 15) is 9.59 Å². The first kappa shape index (κ1) is 8.53. The summed E-state index contributed by atoms with van der Waals surface area (Å²) in [5.41, 5.74) is 0.182. The summed E-state index contributed by atoms with van der Waals surface area (Å²) in [6, 6.07) is 0.0294. The molecule has 13 heavy (non-hydrogen) atoms. The van der Waals surface area contributed by atoms with Crippen LogP contribution in [0.25, 0.3) is 0 Å². The summed E-state index contributed by atoms with van der Waals surface area (Å²) in [7, 11) is 0. The normalized spacial score (nSPS) is 31.5. The fourth-order valence-electron chi connectivity index (χ4n) is 2.14. The molecule has 0 radical (unpaired) electrons. The molecule has 0 spiro atoms. The third-order valence-corrected chi connectivity index (χ3v) is 3.16. The van der Waals surface area contributed by atoms with Gasteiger partial charge in [0.1, 0.15) is 6.54 Å². The van der Waals surface area contributed by atoms with Crippen molar-refractivity contribution in [2.24, 2.45) is 5.41 Å². The second kappa shape index (κ2) is 2.47. The quantitative estimate of drug-likeness (QED) is 0.608. The van der Waals surface area contributed by atoms with Crippen LogP contribution in [0.1, 0.15) is 26.7 Å². The second-order valence-corrected chi connectivity index (χ2v) is 4.52. The predicted molar refractivity (Wildman–Crippen MR) is 47.0 cm³/mol. The van der Waals surface area contributed by atoms with E-state index in [1.165, 1.54) is 0 Å². The predicted octanol–water partition coefficient (Wildman–Crippen LogP) is 0.727. The molecule has 1 atom stereocenters. The zero-order valence-electron chi connectivity index (χ0n) is 7.96. The SMILES string of the molecule is CC1(C)CCC1N1CC(=O)NC1=O. The van der Waals surface area contributed by atoms with Crippen LogP contribution in [0, 0.1) is 5.41 Å². The molecule has 1 unspecified atom stereocenters. The van der Waals surface area contributed by atoms with Gasteiger partial charge in [-0.1, -0.05) is 13.8 Å². The van der Waals surface area contributed by atoms with E-state index in [2.05, 4.69) is 19.2 Å². The van der Waals surface area contributed by atoms with Crippen LogP contribution in [-0.4, -0.2) is 29.4 Å². The van der Waals surface area contributed by atoms with E-state index in [0.717, 1.165) is 12.8 Å². The standard InChI is InChI=1S/C9H14N2O2/c1-9(2)4-3-6(9)11-5-7(12)10-8(11)13/h6H,3-5H2,1-2H3,(H,10,12,13). The van der Waals surface area contributed by atoms with Gasteiger partial charge in [-0.15, -0.1) is 0 Å². The first-order valence-electron chi connectivity index (χ1n) is 4.61. The van der Waals surface area contributed by atoms with Gasteiger partial charge in [0.05, 0.1) is 0 Å². The van der Waals surface area contributed by atoms with Crippen molar-refractivity contribution >= 4 is 11.9 Å². The van der Waals surface area contributed by atoms with Gasteiger partial charge < -0.3 is 4.90 Å². The van der Waals surface area contributed by atoms with Gasteiger partial charge in [-0.2, -0.15) is 0 Å². The number of rotatable bonds is 1. The average Bonchev–Trinajstić information content (AvgIpc) is 2.29. The molecule has 1 aliphatic heterocycles.